The van der Waals surface area contributed by atoms with Crippen molar-refractivity contribution in [2.45, 2.75) is 63.5 Å². The summed E-state index contributed by atoms with van der Waals surface area (Å²) in [5, 5.41) is 23.6. The van der Waals surface area contributed by atoms with Gasteiger partial charge in [-0.15, -0.1) is 0 Å². The lowest BCUT2D eigenvalue weighted by atomic mass is 9.93. The van der Waals surface area contributed by atoms with Gasteiger partial charge in [-0.25, -0.2) is 9.78 Å². The highest BCUT2D eigenvalue weighted by Gasteiger charge is 2.33. The van der Waals surface area contributed by atoms with Crippen LogP contribution in [0.4, 0.5) is 23.7 Å². The third-order valence-corrected chi connectivity index (χ3v) is 5.65. The van der Waals surface area contributed by atoms with Crippen LogP contribution in [-0.4, -0.2) is 52.1 Å². The van der Waals surface area contributed by atoms with Gasteiger partial charge in [0.05, 0.1) is 25.0 Å². The molecule has 2 aromatic rings. The van der Waals surface area contributed by atoms with Crippen LogP contribution in [0.1, 0.15) is 49.1 Å². The number of carbonyl (C=O) groups is 1. The van der Waals surface area contributed by atoms with Gasteiger partial charge in [-0.05, 0) is 44.2 Å². The van der Waals surface area contributed by atoms with Crippen LogP contribution in [0.2, 0.25) is 0 Å². The quantitative estimate of drug-likeness (QED) is 0.417. The fourth-order valence-electron chi connectivity index (χ4n) is 3.95. The lowest BCUT2D eigenvalue weighted by molar-refractivity contribution is -0.137. The minimum absolute atomic E-state index is 0.0315. The minimum atomic E-state index is -4.65. The molecule has 0 atom stereocenters. The topological polar surface area (TPSA) is 126 Å². The molecule has 0 unspecified atom stereocenters. The molecule has 192 valence electrons. The predicted molar refractivity (Wildman–Crippen MR) is 120 cm³/mol. The Bertz CT molecular complexity index is 998. The Hall–Kier alpha value is -3.12. The lowest BCUT2D eigenvalue weighted by Crippen LogP contribution is -2.41. The molecule has 1 saturated carbocycles. The Morgan fingerprint density at radius 1 is 1.20 bits per heavy atom. The van der Waals surface area contributed by atoms with Crippen LogP contribution >= 0.6 is 0 Å². The van der Waals surface area contributed by atoms with E-state index in [1.165, 1.54) is 7.11 Å². The summed E-state index contributed by atoms with van der Waals surface area (Å²) in [6.07, 6.45) is 0.523. The maximum atomic E-state index is 13.2. The maximum Gasteiger partial charge on any atom is 0.416 e. The number of hydrogen-bond acceptors (Lipinski definition) is 7. The first-order valence-electron chi connectivity index (χ1n) is 11.3. The Kier molecular flexibility index (Phi) is 9.10. The molecule has 1 aliphatic carbocycles. The highest BCUT2D eigenvalue weighted by molar-refractivity contribution is 5.91. The maximum absolute atomic E-state index is 13.2. The molecular formula is C23H29F3N4O5. The van der Waals surface area contributed by atoms with Crippen molar-refractivity contribution in [3.8, 4) is 11.6 Å². The van der Waals surface area contributed by atoms with E-state index in [0.717, 1.165) is 12.1 Å². The molecule has 1 aromatic heterocycles. The summed E-state index contributed by atoms with van der Waals surface area (Å²) in [5.41, 5.74) is -1.26. The highest BCUT2D eigenvalue weighted by atomic mass is 19.4. The first-order valence-corrected chi connectivity index (χ1v) is 11.3. The number of aliphatic hydroxyl groups is 2. The number of alkyl halides is 3. The third-order valence-electron chi connectivity index (χ3n) is 5.65. The van der Waals surface area contributed by atoms with Gasteiger partial charge >= 0.3 is 12.2 Å². The Labute approximate surface area is 200 Å². The van der Waals surface area contributed by atoms with Crippen LogP contribution in [0.15, 0.2) is 24.4 Å². The van der Waals surface area contributed by atoms with E-state index in [9.17, 15) is 23.1 Å². The molecule has 1 fully saturated rings. The molecule has 3 rings (SSSR count). The average molecular weight is 499 g/mol. The Morgan fingerprint density at radius 2 is 1.94 bits per heavy atom. The summed E-state index contributed by atoms with van der Waals surface area (Å²) < 4.78 is 50.7. The smallest absolute Gasteiger partial charge is 0.416 e. The zero-order valence-corrected chi connectivity index (χ0v) is 19.3. The number of nitrogens with one attached hydrogen (secondary N) is 2. The molecule has 2 amide bonds. The van der Waals surface area contributed by atoms with E-state index in [2.05, 4.69) is 20.6 Å². The molecule has 0 saturated heterocycles. The molecule has 4 N–H and O–H groups in total. The normalized spacial score (nSPS) is 18.1. The van der Waals surface area contributed by atoms with Crippen molar-refractivity contribution in [2.75, 3.05) is 19.0 Å². The SMILES string of the molecule is COc1c(CO)cc(C(F)(F)F)cc1NC(=O)NC1CCC(Oc2ccnc(CCCO)n2)CC1. The van der Waals surface area contributed by atoms with E-state index in [1.807, 2.05) is 0 Å². The average Bonchev–Trinajstić information content (AvgIpc) is 2.83. The second-order valence-electron chi connectivity index (χ2n) is 8.20. The second-order valence-corrected chi connectivity index (χ2v) is 8.20. The van der Waals surface area contributed by atoms with Crippen LogP contribution in [0.25, 0.3) is 0 Å². The van der Waals surface area contributed by atoms with E-state index in [1.54, 1.807) is 12.3 Å². The molecule has 1 aliphatic rings. The number of halogens is 3. The van der Waals surface area contributed by atoms with Crippen LogP contribution in [0.3, 0.4) is 0 Å². The molecular weight excluding hydrogens is 469 g/mol. The van der Waals surface area contributed by atoms with E-state index in [4.69, 9.17) is 14.6 Å². The number of urea groups is 1. The second kappa shape index (κ2) is 12.0. The lowest BCUT2D eigenvalue weighted by Gasteiger charge is -2.29. The zero-order valence-electron chi connectivity index (χ0n) is 19.3. The van der Waals surface area contributed by atoms with Gasteiger partial charge in [0, 0.05) is 36.9 Å². The van der Waals surface area contributed by atoms with Crippen molar-refractivity contribution >= 4 is 11.7 Å². The fourth-order valence-corrected chi connectivity index (χ4v) is 3.95. The number of methoxy groups -OCH3 is 1. The standard InChI is InChI=1S/C23H29F3N4O5/c1-34-21-14(13-32)11-15(23(24,25)26)12-18(21)29-22(33)28-16-4-6-17(7-5-16)35-20-8-9-27-19(30-20)3-2-10-31/h8-9,11-12,16-17,31-32H,2-7,10,13H2,1H3,(H2,28,29,33). The number of hydrogen-bond donors (Lipinski definition) is 4. The van der Waals surface area contributed by atoms with Gasteiger partial charge in [-0.1, -0.05) is 0 Å². The first kappa shape index (κ1) is 26.5. The van der Waals surface area contributed by atoms with E-state index < -0.39 is 24.4 Å². The van der Waals surface area contributed by atoms with Gasteiger partial charge in [0.1, 0.15) is 17.7 Å². The number of carbonyl (C=O) groups excluding carboxylic acids is 1. The van der Waals surface area contributed by atoms with E-state index >= 15 is 0 Å². The predicted octanol–water partition coefficient (Wildman–Crippen LogP) is 3.43. The third kappa shape index (κ3) is 7.43. The van der Waals surface area contributed by atoms with Crippen molar-refractivity contribution < 1.29 is 37.7 Å². The van der Waals surface area contributed by atoms with E-state index in [-0.39, 0.29) is 35.8 Å². The number of anilines is 1. The van der Waals surface area contributed by atoms with Gasteiger partial charge in [0.25, 0.3) is 0 Å². The summed E-state index contributed by atoms with van der Waals surface area (Å²) in [4.78, 5) is 21.0. The number of aryl methyl sites for hydroxylation is 1. The van der Waals surface area contributed by atoms with Crippen molar-refractivity contribution in [3.05, 3.63) is 41.3 Å². The van der Waals surface area contributed by atoms with Gasteiger partial charge in [-0.3, -0.25) is 0 Å². The van der Waals surface area contributed by atoms with Crippen LogP contribution < -0.4 is 20.1 Å². The Balaban J connectivity index is 1.55. The van der Waals surface area contributed by atoms with Gasteiger partial charge in [-0.2, -0.15) is 18.2 Å². The number of aromatic nitrogens is 2. The number of aliphatic hydroxyl groups excluding tert-OH is 2. The molecule has 35 heavy (non-hydrogen) atoms. The first-order chi connectivity index (χ1) is 16.7. The molecule has 0 bridgehead atoms. The highest BCUT2D eigenvalue weighted by Crippen LogP contribution is 2.38. The summed E-state index contributed by atoms with van der Waals surface area (Å²) in [6, 6.07) is 2.38. The van der Waals surface area contributed by atoms with Crippen LogP contribution in [0, 0.1) is 0 Å². The van der Waals surface area contributed by atoms with Gasteiger partial charge in [0.15, 0.2) is 0 Å². The number of benzene rings is 1. The summed E-state index contributed by atoms with van der Waals surface area (Å²) in [5.74, 6) is 1.02. The summed E-state index contributed by atoms with van der Waals surface area (Å²) in [7, 11) is 1.25. The van der Waals surface area contributed by atoms with Gasteiger partial charge in [0.2, 0.25) is 5.88 Å². The summed E-state index contributed by atoms with van der Waals surface area (Å²) >= 11 is 0. The molecule has 1 heterocycles. The molecule has 1 aromatic carbocycles. The van der Waals surface area contributed by atoms with E-state index in [0.29, 0.717) is 50.2 Å². The molecule has 9 nitrogen and oxygen atoms in total. The number of rotatable bonds is 9. The van der Waals surface area contributed by atoms with Crippen molar-refractivity contribution in [2.24, 2.45) is 0 Å². The number of nitrogens with zero attached hydrogens (tertiary/aromatic N) is 2. The number of ether oxygens (including phenoxy) is 2. The summed E-state index contributed by atoms with van der Waals surface area (Å²) in [6.45, 7) is -0.620. The molecule has 0 radical (unpaired) electrons. The molecule has 0 spiro atoms. The number of amides is 2. The van der Waals surface area contributed by atoms with Crippen molar-refractivity contribution in [1.29, 1.82) is 0 Å². The molecule has 0 aliphatic heterocycles. The van der Waals surface area contributed by atoms with Gasteiger partial charge < -0.3 is 30.3 Å². The fraction of sp³-hybridized carbons (Fsp3) is 0.522. The van der Waals surface area contributed by atoms with Crippen molar-refractivity contribution in [1.82, 2.24) is 15.3 Å². The monoisotopic (exact) mass is 498 g/mol. The molecule has 12 heteroatoms. The minimum Gasteiger partial charge on any atom is -0.494 e. The van der Waals surface area contributed by atoms with Crippen LogP contribution in [0.5, 0.6) is 11.6 Å². The van der Waals surface area contributed by atoms with Crippen molar-refractivity contribution in [3.63, 3.8) is 0 Å². The largest absolute Gasteiger partial charge is 0.494 e. The van der Waals surface area contributed by atoms with Crippen LogP contribution in [-0.2, 0) is 19.2 Å². The Morgan fingerprint density at radius 3 is 2.57 bits per heavy atom. The zero-order chi connectivity index (χ0) is 25.4.